The van der Waals surface area contributed by atoms with Gasteiger partial charge >= 0.3 is 0 Å². The molecule has 0 aliphatic carbocycles. The molecule has 0 radical (unpaired) electrons. The average Bonchev–Trinajstić information content (AvgIpc) is 2.63. The predicted octanol–water partition coefficient (Wildman–Crippen LogP) is 2.33. The summed E-state index contributed by atoms with van der Waals surface area (Å²) in [5.41, 5.74) is 1.53. The van der Waals surface area contributed by atoms with Crippen molar-refractivity contribution < 1.29 is 4.79 Å². The highest BCUT2D eigenvalue weighted by atomic mass is 16.2. The zero-order chi connectivity index (χ0) is 17.8. The number of aryl methyl sites for hydroxylation is 1. The van der Waals surface area contributed by atoms with Gasteiger partial charge in [0.25, 0.3) is 5.91 Å². The number of anilines is 2. The molecule has 1 aromatic carbocycles. The molecule has 0 N–H and O–H groups in total. The molecular formula is C19H25N5O. The van der Waals surface area contributed by atoms with Crippen LogP contribution in [0.3, 0.4) is 0 Å². The van der Waals surface area contributed by atoms with Gasteiger partial charge in [-0.25, -0.2) is 9.97 Å². The van der Waals surface area contributed by atoms with Gasteiger partial charge in [0.15, 0.2) is 0 Å². The summed E-state index contributed by atoms with van der Waals surface area (Å²) in [6.07, 6.45) is 0. The molecular weight excluding hydrogens is 314 g/mol. The normalized spacial score (nSPS) is 15.2. The third-order valence-electron chi connectivity index (χ3n) is 4.49. The van der Waals surface area contributed by atoms with Gasteiger partial charge in [-0.05, 0) is 33.0 Å². The van der Waals surface area contributed by atoms with Gasteiger partial charge in [0, 0.05) is 44.5 Å². The Balaban J connectivity index is 1.88. The first-order chi connectivity index (χ1) is 12.1. The number of para-hydroxylation sites is 1. The van der Waals surface area contributed by atoms with E-state index in [1.165, 1.54) is 0 Å². The number of carbonyl (C=O) groups excluding carboxylic acids is 1. The van der Waals surface area contributed by atoms with Crippen molar-refractivity contribution in [3.8, 4) is 0 Å². The Morgan fingerprint density at radius 1 is 1.12 bits per heavy atom. The number of amides is 1. The lowest BCUT2D eigenvalue weighted by molar-refractivity contribution is 0.0658. The van der Waals surface area contributed by atoms with Crippen LogP contribution in [0.5, 0.6) is 0 Å². The molecule has 2 aromatic rings. The minimum absolute atomic E-state index is 0.0102. The molecule has 1 aliphatic rings. The summed E-state index contributed by atoms with van der Waals surface area (Å²) in [5, 5.41) is 0. The quantitative estimate of drug-likeness (QED) is 0.856. The zero-order valence-corrected chi connectivity index (χ0v) is 15.1. The Bertz CT molecular complexity index is 726. The van der Waals surface area contributed by atoms with E-state index in [-0.39, 0.29) is 5.91 Å². The van der Waals surface area contributed by atoms with Gasteiger partial charge in [-0.1, -0.05) is 18.2 Å². The summed E-state index contributed by atoms with van der Waals surface area (Å²) in [4.78, 5) is 28.0. The van der Waals surface area contributed by atoms with Crippen molar-refractivity contribution >= 4 is 17.4 Å². The molecule has 1 amide bonds. The second-order valence-electron chi connectivity index (χ2n) is 6.33. The molecule has 0 bridgehead atoms. The summed E-state index contributed by atoms with van der Waals surface area (Å²) in [6.45, 7) is 7.95. The highest BCUT2D eigenvalue weighted by Crippen LogP contribution is 2.24. The van der Waals surface area contributed by atoms with Crippen LogP contribution in [0.25, 0.3) is 0 Å². The number of carbonyl (C=O) groups is 1. The van der Waals surface area contributed by atoms with Crippen LogP contribution in [0.1, 0.15) is 23.2 Å². The fourth-order valence-electron chi connectivity index (χ4n) is 3.06. The summed E-state index contributed by atoms with van der Waals surface area (Å²) >= 11 is 0. The number of hydrogen-bond acceptors (Lipinski definition) is 5. The highest BCUT2D eigenvalue weighted by molar-refractivity contribution is 5.93. The van der Waals surface area contributed by atoms with Crippen LogP contribution in [0, 0.1) is 6.92 Å². The third-order valence-corrected chi connectivity index (χ3v) is 4.49. The fourth-order valence-corrected chi connectivity index (χ4v) is 3.06. The number of aromatic nitrogens is 2. The molecule has 6 nitrogen and oxygen atoms in total. The molecule has 0 atom stereocenters. The Morgan fingerprint density at radius 2 is 1.80 bits per heavy atom. The Hall–Kier alpha value is -2.47. The lowest BCUT2D eigenvalue weighted by atomic mass is 10.2. The van der Waals surface area contributed by atoms with Crippen molar-refractivity contribution in [2.24, 2.45) is 0 Å². The van der Waals surface area contributed by atoms with E-state index in [1.807, 2.05) is 48.2 Å². The van der Waals surface area contributed by atoms with E-state index in [0.29, 0.717) is 11.5 Å². The largest absolute Gasteiger partial charge is 0.335 e. The second kappa shape index (κ2) is 7.61. The number of likely N-dealkylation sites (N-methyl/N-ethyl adjacent to an activating group) is 1. The lowest BCUT2D eigenvalue weighted by Gasteiger charge is -2.32. The molecule has 132 valence electrons. The molecule has 25 heavy (non-hydrogen) atoms. The first kappa shape index (κ1) is 17.4. The molecule has 1 saturated heterocycles. The van der Waals surface area contributed by atoms with Gasteiger partial charge in [0.05, 0.1) is 0 Å². The van der Waals surface area contributed by atoms with Crippen LogP contribution in [0.4, 0.5) is 11.5 Å². The smallest absolute Gasteiger partial charge is 0.272 e. The van der Waals surface area contributed by atoms with Crippen molar-refractivity contribution in [2.75, 3.05) is 44.7 Å². The van der Waals surface area contributed by atoms with Gasteiger partial charge in [-0.3, -0.25) is 4.79 Å². The van der Waals surface area contributed by atoms with Crippen LogP contribution in [0.15, 0.2) is 36.4 Å². The third kappa shape index (κ3) is 3.96. The van der Waals surface area contributed by atoms with Gasteiger partial charge in [-0.15, -0.1) is 0 Å². The minimum Gasteiger partial charge on any atom is -0.335 e. The first-order valence-electron chi connectivity index (χ1n) is 8.74. The second-order valence-corrected chi connectivity index (χ2v) is 6.33. The fraction of sp³-hybridized carbons (Fsp3) is 0.421. The monoisotopic (exact) mass is 339 g/mol. The van der Waals surface area contributed by atoms with Gasteiger partial charge in [-0.2, -0.15) is 0 Å². The molecule has 1 fully saturated rings. The number of hydrogen-bond donors (Lipinski definition) is 0. The number of rotatable bonds is 4. The van der Waals surface area contributed by atoms with Crippen LogP contribution < -0.4 is 4.90 Å². The molecule has 2 heterocycles. The van der Waals surface area contributed by atoms with Gasteiger partial charge < -0.3 is 14.7 Å². The van der Waals surface area contributed by atoms with E-state index >= 15 is 0 Å². The van der Waals surface area contributed by atoms with E-state index in [2.05, 4.69) is 33.7 Å². The number of benzene rings is 1. The summed E-state index contributed by atoms with van der Waals surface area (Å²) in [5.74, 6) is 1.37. The molecule has 0 spiro atoms. The van der Waals surface area contributed by atoms with E-state index < -0.39 is 0 Å². The minimum atomic E-state index is -0.0102. The van der Waals surface area contributed by atoms with Crippen molar-refractivity contribution in [2.45, 2.75) is 13.8 Å². The van der Waals surface area contributed by atoms with Crippen LogP contribution in [-0.2, 0) is 0 Å². The van der Waals surface area contributed by atoms with E-state index in [9.17, 15) is 4.79 Å². The number of nitrogens with zero attached hydrogens (tertiary/aromatic N) is 5. The van der Waals surface area contributed by atoms with E-state index in [4.69, 9.17) is 0 Å². The summed E-state index contributed by atoms with van der Waals surface area (Å²) in [7, 11) is 2.08. The molecule has 0 unspecified atom stereocenters. The maximum absolute atomic E-state index is 12.9. The van der Waals surface area contributed by atoms with E-state index in [0.717, 1.165) is 44.2 Å². The molecule has 0 saturated carbocycles. The highest BCUT2D eigenvalue weighted by Gasteiger charge is 2.23. The topological polar surface area (TPSA) is 52.6 Å². The van der Waals surface area contributed by atoms with Crippen LogP contribution in [0.2, 0.25) is 0 Å². The van der Waals surface area contributed by atoms with Gasteiger partial charge in [0.1, 0.15) is 17.3 Å². The average molecular weight is 339 g/mol. The summed E-state index contributed by atoms with van der Waals surface area (Å²) in [6, 6.07) is 11.9. The van der Waals surface area contributed by atoms with Gasteiger partial charge in [0.2, 0.25) is 0 Å². The molecule has 1 aliphatic heterocycles. The Morgan fingerprint density at radius 3 is 2.44 bits per heavy atom. The van der Waals surface area contributed by atoms with Crippen molar-refractivity contribution in [3.05, 3.63) is 47.9 Å². The lowest BCUT2D eigenvalue weighted by Crippen LogP contribution is -2.47. The molecule has 3 rings (SSSR count). The summed E-state index contributed by atoms with van der Waals surface area (Å²) < 4.78 is 0. The van der Waals surface area contributed by atoms with Crippen molar-refractivity contribution in [1.82, 2.24) is 19.8 Å². The molecule has 1 aromatic heterocycles. The van der Waals surface area contributed by atoms with Crippen molar-refractivity contribution in [3.63, 3.8) is 0 Å². The van der Waals surface area contributed by atoms with Crippen LogP contribution >= 0.6 is 0 Å². The maximum atomic E-state index is 12.9. The SMILES string of the molecule is CCN(c1ccccc1)c1cc(C(=O)N2CCN(C)CC2)nc(C)n1. The van der Waals surface area contributed by atoms with E-state index in [1.54, 1.807) is 0 Å². The Kier molecular flexibility index (Phi) is 5.28. The zero-order valence-electron chi connectivity index (χ0n) is 15.1. The van der Waals surface area contributed by atoms with Crippen LogP contribution in [-0.4, -0.2) is 65.4 Å². The molecule has 6 heteroatoms. The maximum Gasteiger partial charge on any atom is 0.272 e. The standard InChI is InChI=1S/C19H25N5O/c1-4-24(16-8-6-5-7-9-16)18-14-17(20-15(2)21-18)19(25)23-12-10-22(3)11-13-23/h5-9,14H,4,10-13H2,1-3H3. The van der Waals surface area contributed by atoms with Crippen molar-refractivity contribution in [1.29, 1.82) is 0 Å². The number of piperazine rings is 1. The first-order valence-corrected chi connectivity index (χ1v) is 8.74. The Labute approximate surface area is 149 Å². The predicted molar refractivity (Wildman–Crippen MR) is 99.3 cm³/mol.